The van der Waals surface area contributed by atoms with Crippen LogP contribution in [0.5, 0.6) is 0 Å². The van der Waals surface area contributed by atoms with E-state index in [1.807, 2.05) is 6.07 Å². The van der Waals surface area contributed by atoms with E-state index in [0.717, 1.165) is 0 Å². The molecule has 0 amide bonds. The predicted molar refractivity (Wildman–Crippen MR) is 103 cm³/mol. The van der Waals surface area contributed by atoms with Gasteiger partial charge in [0, 0.05) is 29.3 Å². The third-order valence-corrected chi connectivity index (χ3v) is 4.61. The van der Waals surface area contributed by atoms with Gasteiger partial charge in [-0.25, -0.2) is 13.3 Å². The highest BCUT2D eigenvalue weighted by molar-refractivity contribution is 7.77. The maximum absolute atomic E-state index is 14.0. The van der Waals surface area contributed by atoms with Crippen LogP contribution in [0.25, 0.3) is 10.9 Å². The number of pyridine rings is 1. The SMILES string of the molecule is N#Cc1cnc2ccc(C(=O)c3cc(F)cc(CCCNS(=O)O)c3)cc2c1. The number of carbonyl (C=O) groups is 1. The van der Waals surface area contributed by atoms with E-state index < -0.39 is 17.1 Å². The van der Waals surface area contributed by atoms with Crippen LogP contribution in [0.15, 0.2) is 48.7 Å². The average molecular weight is 397 g/mol. The number of rotatable bonds is 7. The van der Waals surface area contributed by atoms with Gasteiger partial charge < -0.3 is 0 Å². The molecule has 2 N–H and O–H groups in total. The molecule has 1 atom stereocenters. The number of nitrogens with one attached hydrogen (secondary N) is 1. The molecule has 0 saturated carbocycles. The van der Waals surface area contributed by atoms with Crippen LogP contribution >= 0.6 is 0 Å². The van der Waals surface area contributed by atoms with Crippen LogP contribution in [-0.4, -0.2) is 26.1 Å². The van der Waals surface area contributed by atoms with E-state index >= 15 is 0 Å². The molecule has 0 aliphatic heterocycles. The maximum atomic E-state index is 14.0. The molecule has 2 aromatic carbocycles. The molecule has 3 rings (SSSR count). The van der Waals surface area contributed by atoms with Crippen LogP contribution in [0.4, 0.5) is 4.39 Å². The monoisotopic (exact) mass is 397 g/mol. The molecule has 142 valence electrons. The predicted octanol–water partition coefficient (Wildman–Crippen LogP) is 3.14. The summed E-state index contributed by atoms with van der Waals surface area (Å²) >= 11 is -2.08. The molecule has 0 fully saturated rings. The number of hydrogen-bond donors (Lipinski definition) is 2. The first-order chi connectivity index (χ1) is 13.5. The van der Waals surface area contributed by atoms with E-state index in [0.29, 0.717) is 47.0 Å². The lowest BCUT2D eigenvalue weighted by Crippen LogP contribution is -2.17. The Labute approximate surface area is 163 Å². The molecule has 0 saturated heterocycles. The highest BCUT2D eigenvalue weighted by atomic mass is 32.2. The number of hydrogen-bond acceptors (Lipinski definition) is 4. The fourth-order valence-corrected chi connectivity index (χ4v) is 3.20. The van der Waals surface area contributed by atoms with Crippen LogP contribution in [0, 0.1) is 17.1 Å². The van der Waals surface area contributed by atoms with Gasteiger partial charge in [0.25, 0.3) is 0 Å². The molecular formula is C20H16FN3O3S. The molecule has 0 spiro atoms. The lowest BCUT2D eigenvalue weighted by molar-refractivity contribution is 0.103. The van der Waals surface area contributed by atoms with Gasteiger partial charge in [-0.15, -0.1) is 0 Å². The quantitative estimate of drug-likeness (QED) is 0.362. The van der Waals surface area contributed by atoms with E-state index in [4.69, 9.17) is 9.81 Å². The molecule has 1 heterocycles. The van der Waals surface area contributed by atoms with Crippen LogP contribution < -0.4 is 4.72 Å². The van der Waals surface area contributed by atoms with Crippen LogP contribution in [0.2, 0.25) is 0 Å². The minimum Gasteiger partial charge on any atom is -0.294 e. The molecule has 8 heteroatoms. The van der Waals surface area contributed by atoms with Crippen molar-refractivity contribution in [3.8, 4) is 6.07 Å². The Kier molecular flexibility index (Phi) is 6.21. The van der Waals surface area contributed by atoms with Crippen molar-refractivity contribution in [2.75, 3.05) is 6.54 Å². The van der Waals surface area contributed by atoms with E-state index in [1.165, 1.54) is 18.3 Å². The minimum atomic E-state index is -2.08. The molecule has 6 nitrogen and oxygen atoms in total. The third kappa shape index (κ3) is 4.84. The van der Waals surface area contributed by atoms with Gasteiger partial charge in [-0.3, -0.25) is 14.3 Å². The molecule has 3 aromatic rings. The van der Waals surface area contributed by atoms with E-state index in [-0.39, 0.29) is 11.3 Å². The Balaban J connectivity index is 1.84. The van der Waals surface area contributed by atoms with Crippen molar-refractivity contribution in [3.05, 3.63) is 76.7 Å². The van der Waals surface area contributed by atoms with Gasteiger partial charge in [-0.05, 0) is 60.9 Å². The van der Waals surface area contributed by atoms with Gasteiger partial charge in [0.2, 0.25) is 11.3 Å². The normalized spacial score (nSPS) is 11.9. The number of nitrogens with zero attached hydrogens (tertiary/aromatic N) is 2. The van der Waals surface area contributed by atoms with Gasteiger partial charge in [0.05, 0.1) is 11.1 Å². The lowest BCUT2D eigenvalue weighted by atomic mass is 9.98. The lowest BCUT2D eigenvalue weighted by Gasteiger charge is -2.07. The summed E-state index contributed by atoms with van der Waals surface area (Å²) in [5.41, 5.74) is 2.27. The van der Waals surface area contributed by atoms with Crippen molar-refractivity contribution >= 4 is 28.0 Å². The van der Waals surface area contributed by atoms with Crippen LogP contribution in [0.1, 0.15) is 33.5 Å². The summed E-state index contributed by atoms with van der Waals surface area (Å²) in [6.07, 6.45) is 2.43. The summed E-state index contributed by atoms with van der Waals surface area (Å²) in [6.45, 7) is 0.293. The van der Waals surface area contributed by atoms with Gasteiger partial charge in [-0.1, -0.05) is 0 Å². The molecule has 28 heavy (non-hydrogen) atoms. The van der Waals surface area contributed by atoms with Crippen molar-refractivity contribution in [1.82, 2.24) is 9.71 Å². The molecule has 0 aliphatic carbocycles. The number of carbonyl (C=O) groups excluding carboxylic acids is 1. The Morgan fingerprint density at radius 1 is 1.21 bits per heavy atom. The summed E-state index contributed by atoms with van der Waals surface area (Å²) in [5, 5.41) is 9.66. The van der Waals surface area contributed by atoms with E-state index in [2.05, 4.69) is 9.71 Å². The maximum Gasteiger partial charge on any atom is 0.231 e. The first-order valence-corrected chi connectivity index (χ1v) is 9.55. The number of benzene rings is 2. The molecule has 0 radical (unpaired) electrons. The molecule has 0 aliphatic rings. The van der Waals surface area contributed by atoms with Gasteiger partial charge >= 0.3 is 0 Å². The first kappa shape index (κ1) is 19.8. The van der Waals surface area contributed by atoms with Crippen molar-refractivity contribution < 1.29 is 17.9 Å². The van der Waals surface area contributed by atoms with Gasteiger partial charge in [0.15, 0.2) is 5.78 Å². The Bertz CT molecular complexity index is 1110. The molecule has 1 unspecified atom stereocenters. The Morgan fingerprint density at radius 2 is 2.04 bits per heavy atom. The van der Waals surface area contributed by atoms with Gasteiger partial charge in [-0.2, -0.15) is 5.26 Å². The second-order valence-corrected chi connectivity index (χ2v) is 6.95. The van der Waals surface area contributed by atoms with Crippen LogP contribution in [-0.2, 0) is 17.7 Å². The number of aromatic nitrogens is 1. The zero-order valence-electron chi connectivity index (χ0n) is 14.7. The minimum absolute atomic E-state index is 0.220. The largest absolute Gasteiger partial charge is 0.294 e. The standard InChI is InChI=1S/C20H16FN3O3S/c21-18-8-13(2-1-5-24-28(26)27)6-17(10-18)20(25)15-3-4-19-16(9-15)7-14(11-22)12-23-19/h3-4,6-10,12,24H,1-2,5H2,(H,26,27). The summed E-state index contributed by atoms with van der Waals surface area (Å²) < 4.78 is 35.6. The second-order valence-electron chi connectivity index (χ2n) is 6.17. The fraction of sp³-hybridized carbons (Fsp3) is 0.150. The highest BCUT2D eigenvalue weighted by Crippen LogP contribution is 2.20. The number of halogens is 1. The first-order valence-electron chi connectivity index (χ1n) is 8.45. The third-order valence-electron chi connectivity index (χ3n) is 4.16. The fourth-order valence-electron chi connectivity index (χ4n) is 2.88. The average Bonchev–Trinajstić information content (AvgIpc) is 2.69. The molecule has 0 bridgehead atoms. The second kappa shape index (κ2) is 8.80. The van der Waals surface area contributed by atoms with Gasteiger partial charge in [0.1, 0.15) is 11.9 Å². The van der Waals surface area contributed by atoms with Crippen molar-refractivity contribution in [3.63, 3.8) is 0 Å². The van der Waals surface area contributed by atoms with Crippen LogP contribution in [0.3, 0.4) is 0 Å². The van der Waals surface area contributed by atoms with Crippen molar-refractivity contribution in [2.45, 2.75) is 12.8 Å². The van der Waals surface area contributed by atoms with Crippen molar-refractivity contribution in [2.24, 2.45) is 0 Å². The number of ketones is 1. The summed E-state index contributed by atoms with van der Waals surface area (Å²) in [7, 11) is 0. The van der Waals surface area contributed by atoms with E-state index in [1.54, 1.807) is 30.3 Å². The molecule has 1 aromatic heterocycles. The summed E-state index contributed by atoms with van der Waals surface area (Å²) in [4.78, 5) is 17.0. The Morgan fingerprint density at radius 3 is 2.79 bits per heavy atom. The smallest absolute Gasteiger partial charge is 0.231 e. The van der Waals surface area contributed by atoms with Crippen molar-refractivity contribution in [1.29, 1.82) is 5.26 Å². The highest BCUT2D eigenvalue weighted by Gasteiger charge is 2.13. The summed E-state index contributed by atoms with van der Waals surface area (Å²) in [5.74, 6) is -0.853. The Hall–Kier alpha value is -2.99. The zero-order valence-corrected chi connectivity index (χ0v) is 15.5. The number of fused-ring (bicyclic) bond motifs is 1. The van der Waals surface area contributed by atoms with E-state index in [9.17, 15) is 13.4 Å². The summed E-state index contributed by atoms with van der Waals surface area (Å²) in [6, 6.07) is 12.7. The topological polar surface area (TPSA) is 103 Å². The zero-order chi connectivity index (χ0) is 20.1. The number of nitriles is 1. The molecular weight excluding hydrogens is 381 g/mol. The number of aryl methyl sites for hydroxylation is 1.